The molecule has 0 radical (unpaired) electrons. The molecule has 90 valence electrons. The molecule has 0 aliphatic rings. The summed E-state index contributed by atoms with van der Waals surface area (Å²) in [5.41, 5.74) is 6.15. The van der Waals surface area contributed by atoms with Crippen LogP contribution >= 0.6 is 0 Å². The van der Waals surface area contributed by atoms with Crippen LogP contribution in [0, 0.1) is 5.92 Å². The molecule has 0 aliphatic carbocycles. The zero-order chi connectivity index (χ0) is 12.1. The zero-order valence-corrected chi connectivity index (χ0v) is 10.2. The van der Waals surface area contributed by atoms with Crippen LogP contribution in [-0.4, -0.2) is 23.2 Å². The molecule has 1 unspecified atom stereocenters. The minimum absolute atomic E-state index is 0.0712. The maximum absolute atomic E-state index is 5.80. The Kier molecular flexibility index (Phi) is 4.34. The van der Waals surface area contributed by atoms with Crippen LogP contribution in [0.5, 0.6) is 11.8 Å². The number of hydrogen-bond donors (Lipinski definition) is 1. The van der Waals surface area contributed by atoms with Crippen LogP contribution < -0.4 is 15.2 Å². The van der Waals surface area contributed by atoms with E-state index in [1.165, 1.54) is 13.4 Å². The topological polar surface area (TPSA) is 70.3 Å². The summed E-state index contributed by atoms with van der Waals surface area (Å²) < 4.78 is 10.6. The highest BCUT2D eigenvalue weighted by atomic mass is 16.5. The van der Waals surface area contributed by atoms with Crippen LogP contribution in [0.1, 0.15) is 27.2 Å². The van der Waals surface area contributed by atoms with Crippen molar-refractivity contribution < 1.29 is 9.47 Å². The normalized spacial score (nSPS) is 12.6. The molecule has 0 aromatic carbocycles. The Bertz CT molecular complexity index is 342. The monoisotopic (exact) mass is 225 g/mol. The summed E-state index contributed by atoms with van der Waals surface area (Å²) in [4.78, 5) is 7.88. The Morgan fingerprint density at radius 3 is 2.44 bits per heavy atom. The predicted octanol–water partition coefficient (Wildman–Crippen LogP) is 1.88. The number of nitrogen functional groups attached to an aromatic ring is 1. The fourth-order valence-corrected chi connectivity index (χ4v) is 1.52. The molecule has 5 heteroatoms. The maximum Gasteiger partial charge on any atom is 0.244 e. The van der Waals surface area contributed by atoms with Gasteiger partial charge >= 0.3 is 0 Å². The number of aromatic nitrogens is 2. The van der Waals surface area contributed by atoms with Crippen molar-refractivity contribution in [1.82, 2.24) is 9.97 Å². The molecule has 0 saturated carbocycles. The van der Waals surface area contributed by atoms with Crippen LogP contribution in [0.3, 0.4) is 0 Å². The minimum atomic E-state index is 0.0712. The van der Waals surface area contributed by atoms with Gasteiger partial charge in [0, 0.05) is 0 Å². The number of ether oxygens (including phenoxy) is 2. The van der Waals surface area contributed by atoms with Crippen molar-refractivity contribution in [2.24, 2.45) is 5.92 Å². The summed E-state index contributed by atoms with van der Waals surface area (Å²) in [7, 11) is 1.51. The van der Waals surface area contributed by atoms with Gasteiger partial charge < -0.3 is 15.2 Å². The molecule has 0 fully saturated rings. The summed E-state index contributed by atoms with van der Waals surface area (Å²) in [6, 6.07) is 0. The van der Waals surface area contributed by atoms with E-state index in [0.717, 1.165) is 6.42 Å². The van der Waals surface area contributed by atoms with Crippen LogP contribution in [0.2, 0.25) is 0 Å². The average molecular weight is 225 g/mol. The first-order valence-electron chi connectivity index (χ1n) is 5.35. The van der Waals surface area contributed by atoms with Crippen LogP contribution in [0.15, 0.2) is 6.33 Å². The molecule has 0 aliphatic heterocycles. The smallest absolute Gasteiger partial charge is 0.244 e. The Morgan fingerprint density at radius 2 is 1.88 bits per heavy atom. The molecule has 1 atom stereocenters. The van der Waals surface area contributed by atoms with E-state index in [1.807, 2.05) is 6.92 Å². The highest BCUT2D eigenvalue weighted by Crippen LogP contribution is 2.27. The molecule has 1 aromatic heterocycles. The van der Waals surface area contributed by atoms with Crippen molar-refractivity contribution in [2.45, 2.75) is 33.3 Å². The largest absolute Gasteiger partial charge is 0.479 e. The molecule has 5 nitrogen and oxygen atoms in total. The molecular formula is C11H19N3O2. The number of nitrogens with zero attached hydrogens (tertiary/aromatic N) is 2. The molecule has 1 rings (SSSR count). The van der Waals surface area contributed by atoms with E-state index in [0.29, 0.717) is 23.4 Å². The first kappa shape index (κ1) is 12.5. The fourth-order valence-electron chi connectivity index (χ4n) is 1.52. The fraction of sp³-hybridized carbons (Fsp3) is 0.636. The van der Waals surface area contributed by atoms with Gasteiger partial charge in [-0.05, 0) is 19.3 Å². The highest BCUT2D eigenvalue weighted by Gasteiger charge is 2.13. The van der Waals surface area contributed by atoms with Gasteiger partial charge in [0.1, 0.15) is 6.33 Å². The van der Waals surface area contributed by atoms with Crippen molar-refractivity contribution in [3.05, 3.63) is 6.33 Å². The molecule has 1 aromatic rings. The maximum atomic E-state index is 5.80. The van der Waals surface area contributed by atoms with E-state index in [2.05, 4.69) is 23.8 Å². The Balaban J connectivity index is 2.73. The summed E-state index contributed by atoms with van der Waals surface area (Å²) in [6.07, 6.45) is 2.40. The average Bonchev–Trinajstić information content (AvgIpc) is 2.20. The van der Waals surface area contributed by atoms with Crippen molar-refractivity contribution in [2.75, 3.05) is 12.8 Å². The van der Waals surface area contributed by atoms with Gasteiger partial charge in [-0.2, -0.15) is 9.97 Å². The first-order valence-corrected chi connectivity index (χ1v) is 5.35. The number of methoxy groups -OCH3 is 1. The van der Waals surface area contributed by atoms with Gasteiger partial charge in [-0.25, -0.2) is 0 Å². The summed E-state index contributed by atoms with van der Waals surface area (Å²) in [6.45, 7) is 6.28. The highest BCUT2D eigenvalue weighted by molar-refractivity contribution is 5.55. The minimum Gasteiger partial charge on any atom is -0.479 e. The Labute approximate surface area is 96.0 Å². The van der Waals surface area contributed by atoms with Crippen molar-refractivity contribution >= 4 is 5.69 Å². The summed E-state index contributed by atoms with van der Waals surface area (Å²) >= 11 is 0. The van der Waals surface area contributed by atoms with E-state index < -0.39 is 0 Å². The van der Waals surface area contributed by atoms with Gasteiger partial charge in [0.2, 0.25) is 11.8 Å². The predicted molar refractivity (Wildman–Crippen MR) is 62.5 cm³/mol. The van der Waals surface area contributed by atoms with Crippen molar-refractivity contribution in [1.29, 1.82) is 0 Å². The quantitative estimate of drug-likeness (QED) is 0.828. The second-order valence-corrected chi connectivity index (χ2v) is 4.16. The van der Waals surface area contributed by atoms with Crippen molar-refractivity contribution in [3.8, 4) is 11.8 Å². The van der Waals surface area contributed by atoms with Gasteiger partial charge in [-0.3, -0.25) is 0 Å². The van der Waals surface area contributed by atoms with Crippen LogP contribution in [-0.2, 0) is 0 Å². The van der Waals surface area contributed by atoms with E-state index in [1.54, 1.807) is 0 Å². The third kappa shape index (κ3) is 3.25. The molecule has 0 bridgehead atoms. The first-order chi connectivity index (χ1) is 7.54. The van der Waals surface area contributed by atoms with Crippen molar-refractivity contribution in [3.63, 3.8) is 0 Å². The van der Waals surface area contributed by atoms with E-state index >= 15 is 0 Å². The lowest BCUT2D eigenvalue weighted by molar-refractivity contribution is 0.186. The SMILES string of the molecule is COc1ncnc(OC(C)CC(C)C)c1N. The summed E-state index contributed by atoms with van der Waals surface area (Å²) in [5, 5.41) is 0. The van der Waals surface area contributed by atoms with Gasteiger partial charge in [-0.1, -0.05) is 13.8 Å². The van der Waals surface area contributed by atoms with Crippen LogP contribution in [0.25, 0.3) is 0 Å². The molecule has 2 N–H and O–H groups in total. The second kappa shape index (κ2) is 5.53. The van der Waals surface area contributed by atoms with Gasteiger partial charge in [0.25, 0.3) is 0 Å². The van der Waals surface area contributed by atoms with E-state index in [4.69, 9.17) is 15.2 Å². The zero-order valence-electron chi connectivity index (χ0n) is 10.2. The van der Waals surface area contributed by atoms with Gasteiger partial charge in [0.05, 0.1) is 13.2 Å². The van der Waals surface area contributed by atoms with E-state index in [9.17, 15) is 0 Å². The Hall–Kier alpha value is -1.52. The van der Waals surface area contributed by atoms with E-state index in [-0.39, 0.29) is 6.10 Å². The molecular weight excluding hydrogens is 206 g/mol. The number of rotatable bonds is 5. The molecule has 0 spiro atoms. The lowest BCUT2D eigenvalue weighted by Crippen LogP contribution is -2.16. The molecule has 0 saturated heterocycles. The van der Waals surface area contributed by atoms with Crippen LogP contribution in [0.4, 0.5) is 5.69 Å². The Morgan fingerprint density at radius 1 is 1.25 bits per heavy atom. The molecule has 0 amide bonds. The van der Waals surface area contributed by atoms with Gasteiger partial charge in [0.15, 0.2) is 5.69 Å². The second-order valence-electron chi connectivity index (χ2n) is 4.16. The van der Waals surface area contributed by atoms with Gasteiger partial charge in [-0.15, -0.1) is 0 Å². The standard InChI is InChI=1S/C11H19N3O2/c1-7(2)5-8(3)16-11-9(12)10(15-4)13-6-14-11/h6-8H,5,12H2,1-4H3. The molecule has 16 heavy (non-hydrogen) atoms. The number of nitrogens with two attached hydrogens (primary N) is 1. The number of anilines is 1. The molecule has 1 heterocycles. The lowest BCUT2D eigenvalue weighted by Gasteiger charge is -2.17. The third-order valence-corrected chi connectivity index (χ3v) is 2.12. The summed E-state index contributed by atoms with van der Waals surface area (Å²) in [5.74, 6) is 1.31. The third-order valence-electron chi connectivity index (χ3n) is 2.12. The number of hydrogen-bond acceptors (Lipinski definition) is 5. The lowest BCUT2D eigenvalue weighted by atomic mass is 10.1.